The predicted octanol–water partition coefficient (Wildman–Crippen LogP) is 1.59. The van der Waals surface area contributed by atoms with Crippen LogP contribution in [0.25, 0.3) is 0 Å². The molecular weight excluding hydrogens is 250 g/mol. The molecule has 3 N–H and O–H groups in total. The zero-order valence-corrected chi connectivity index (χ0v) is 13.1. The smallest absolute Gasteiger partial charge is 0.0494 e. The number of aliphatic hydroxyl groups is 1. The fraction of sp³-hybridized carbons (Fsp3) is 0.625. The van der Waals surface area contributed by atoms with Gasteiger partial charge in [-0.2, -0.15) is 0 Å². The second-order valence-corrected chi connectivity index (χ2v) is 6.76. The molecule has 0 radical (unpaired) electrons. The number of aliphatic hydroxyl groups excluding tert-OH is 1. The van der Waals surface area contributed by atoms with E-state index < -0.39 is 0 Å². The van der Waals surface area contributed by atoms with Gasteiger partial charge in [0.05, 0.1) is 0 Å². The minimum absolute atomic E-state index is 0.0974. The monoisotopic (exact) mass is 277 g/mol. The van der Waals surface area contributed by atoms with Gasteiger partial charge in [0.25, 0.3) is 0 Å². The minimum Gasteiger partial charge on any atom is -0.396 e. The van der Waals surface area contributed by atoms with Crippen molar-refractivity contribution in [2.75, 3.05) is 38.7 Å². The number of hydrogen-bond acceptors (Lipinski definition) is 4. The highest BCUT2D eigenvalue weighted by atomic mass is 16.3. The lowest BCUT2D eigenvalue weighted by Crippen LogP contribution is -2.37. The van der Waals surface area contributed by atoms with Crippen LogP contribution in [0.5, 0.6) is 0 Å². The molecule has 0 bridgehead atoms. The molecule has 0 saturated carbocycles. The molecule has 0 saturated heterocycles. The van der Waals surface area contributed by atoms with E-state index in [1.165, 1.54) is 16.8 Å². The first-order valence-electron chi connectivity index (χ1n) is 7.23. The first-order chi connectivity index (χ1) is 9.38. The van der Waals surface area contributed by atoms with Gasteiger partial charge < -0.3 is 15.7 Å². The van der Waals surface area contributed by atoms with Crippen molar-refractivity contribution in [1.29, 1.82) is 0 Å². The minimum atomic E-state index is -0.0974. The molecule has 0 aromatic heterocycles. The molecule has 0 fully saturated rings. The van der Waals surface area contributed by atoms with E-state index in [0.29, 0.717) is 6.54 Å². The average molecular weight is 277 g/mol. The number of nitrogens with zero attached hydrogens (tertiary/aromatic N) is 2. The molecule has 4 heteroatoms. The highest BCUT2D eigenvalue weighted by Crippen LogP contribution is 2.37. The van der Waals surface area contributed by atoms with Gasteiger partial charge in [0.15, 0.2) is 0 Å². The zero-order chi connectivity index (χ0) is 14.9. The quantitative estimate of drug-likeness (QED) is 0.858. The van der Waals surface area contributed by atoms with Gasteiger partial charge in [-0.1, -0.05) is 19.9 Å². The van der Waals surface area contributed by atoms with Crippen molar-refractivity contribution in [3.63, 3.8) is 0 Å². The summed E-state index contributed by atoms with van der Waals surface area (Å²) >= 11 is 0. The summed E-state index contributed by atoms with van der Waals surface area (Å²) in [5.41, 5.74) is 9.82. The molecule has 1 unspecified atom stereocenters. The number of rotatable bonds is 5. The maximum Gasteiger partial charge on any atom is 0.0494 e. The first kappa shape index (κ1) is 15.3. The maximum atomic E-state index is 9.48. The molecular formula is C16H27N3O. The SMILES string of the molecule is CN(C)c1ccc2c(c1)C(CN)N(CC(C)(C)CO)C2. The molecule has 1 heterocycles. The Kier molecular flexibility index (Phi) is 4.37. The summed E-state index contributed by atoms with van der Waals surface area (Å²) in [5.74, 6) is 0. The Labute approximate surface area is 122 Å². The standard InChI is InChI=1S/C16H27N3O/c1-16(2,11-20)10-19-9-12-5-6-13(18(3)4)7-14(12)15(19)8-17/h5-7,15,20H,8-11,17H2,1-4H3. The fourth-order valence-electron chi connectivity index (χ4n) is 2.88. The molecule has 4 nitrogen and oxygen atoms in total. The van der Waals surface area contributed by atoms with Crippen LogP contribution >= 0.6 is 0 Å². The first-order valence-corrected chi connectivity index (χ1v) is 7.23. The third-order valence-electron chi connectivity index (χ3n) is 4.10. The maximum absolute atomic E-state index is 9.48. The molecule has 0 amide bonds. The van der Waals surface area contributed by atoms with Gasteiger partial charge in [-0.3, -0.25) is 4.90 Å². The van der Waals surface area contributed by atoms with E-state index in [1.807, 2.05) is 0 Å². The number of fused-ring (bicyclic) bond motifs is 1. The Morgan fingerprint density at radius 1 is 1.40 bits per heavy atom. The van der Waals surface area contributed by atoms with Gasteiger partial charge in [0, 0.05) is 57.5 Å². The Hall–Kier alpha value is -1.10. The Morgan fingerprint density at radius 2 is 2.10 bits per heavy atom. The van der Waals surface area contributed by atoms with E-state index >= 15 is 0 Å². The van der Waals surface area contributed by atoms with Crippen LogP contribution in [-0.4, -0.2) is 43.8 Å². The largest absolute Gasteiger partial charge is 0.396 e. The van der Waals surface area contributed by atoms with Crippen molar-refractivity contribution in [3.05, 3.63) is 29.3 Å². The molecule has 1 aliphatic heterocycles. The third kappa shape index (κ3) is 2.97. The van der Waals surface area contributed by atoms with Gasteiger partial charge in [0.2, 0.25) is 0 Å². The highest BCUT2D eigenvalue weighted by Gasteiger charge is 2.33. The van der Waals surface area contributed by atoms with E-state index in [-0.39, 0.29) is 18.1 Å². The number of anilines is 1. The molecule has 2 rings (SSSR count). The summed E-state index contributed by atoms with van der Waals surface area (Å²) < 4.78 is 0. The molecule has 1 aromatic rings. The fourth-order valence-corrected chi connectivity index (χ4v) is 2.88. The van der Waals surface area contributed by atoms with Crippen LogP contribution in [-0.2, 0) is 6.54 Å². The van der Waals surface area contributed by atoms with E-state index in [1.54, 1.807) is 0 Å². The number of nitrogens with two attached hydrogens (primary N) is 1. The summed E-state index contributed by atoms with van der Waals surface area (Å²) in [6, 6.07) is 6.88. The van der Waals surface area contributed by atoms with Crippen molar-refractivity contribution in [2.45, 2.75) is 26.4 Å². The summed E-state index contributed by atoms with van der Waals surface area (Å²) in [7, 11) is 4.11. The zero-order valence-electron chi connectivity index (χ0n) is 13.1. The molecule has 1 aliphatic rings. The van der Waals surface area contributed by atoms with E-state index in [4.69, 9.17) is 5.73 Å². The van der Waals surface area contributed by atoms with Crippen LogP contribution < -0.4 is 10.6 Å². The van der Waals surface area contributed by atoms with Gasteiger partial charge in [0.1, 0.15) is 0 Å². The summed E-state index contributed by atoms with van der Waals surface area (Å²) in [5, 5.41) is 9.48. The normalized spacial score (nSPS) is 19.2. The lowest BCUT2D eigenvalue weighted by atomic mass is 9.93. The van der Waals surface area contributed by atoms with Crippen LogP contribution in [0, 0.1) is 5.41 Å². The molecule has 0 aliphatic carbocycles. The average Bonchev–Trinajstić information content (AvgIpc) is 2.73. The van der Waals surface area contributed by atoms with Crippen molar-refractivity contribution in [2.24, 2.45) is 11.1 Å². The second kappa shape index (κ2) is 5.72. The van der Waals surface area contributed by atoms with E-state index in [0.717, 1.165) is 13.1 Å². The molecule has 0 spiro atoms. The summed E-state index contributed by atoms with van der Waals surface area (Å²) in [4.78, 5) is 4.51. The van der Waals surface area contributed by atoms with Gasteiger partial charge >= 0.3 is 0 Å². The van der Waals surface area contributed by atoms with Crippen LogP contribution in [0.2, 0.25) is 0 Å². The van der Waals surface area contributed by atoms with Crippen LogP contribution in [0.3, 0.4) is 0 Å². The van der Waals surface area contributed by atoms with Gasteiger partial charge in [-0.05, 0) is 23.3 Å². The Balaban J connectivity index is 2.25. The third-order valence-corrected chi connectivity index (χ3v) is 4.10. The van der Waals surface area contributed by atoms with Gasteiger partial charge in [-0.15, -0.1) is 0 Å². The van der Waals surface area contributed by atoms with Crippen LogP contribution in [0.1, 0.15) is 31.0 Å². The Bertz CT molecular complexity index is 471. The van der Waals surface area contributed by atoms with E-state index in [2.05, 4.69) is 55.9 Å². The molecule has 112 valence electrons. The lowest BCUT2D eigenvalue weighted by molar-refractivity contribution is 0.0846. The number of hydrogen-bond donors (Lipinski definition) is 2. The molecule has 1 atom stereocenters. The van der Waals surface area contributed by atoms with Crippen molar-refractivity contribution >= 4 is 5.69 Å². The second-order valence-electron chi connectivity index (χ2n) is 6.76. The predicted molar refractivity (Wildman–Crippen MR) is 83.8 cm³/mol. The topological polar surface area (TPSA) is 52.7 Å². The highest BCUT2D eigenvalue weighted by molar-refractivity contribution is 5.52. The summed E-state index contributed by atoms with van der Waals surface area (Å²) in [6.07, 6.45) is 0. The van der Waals surface area contributed by atoms with E-state index in [9.17, 15) is 5.11 Å². The van der Waals surface area contributed by atoms with Gasteiger partial charge in [-0.25, -0.2) is 0 Å². The lowest BCUT2D eigenvalue weighted by Gasteiger charge is -2.32. The van der Waals surface area contributed by atoms with Crippen LogP contribution in [0.15, 0.2) is 18.2 Å². The van der Waals surface area contributed by atoms with Crippen molar-refractivity contribution in [3.8, 4) is 0 Å². The van der Waals surface area contributed by atoms with Crippen molar-refractivity contribution < 1.29 is 5.11 Å². The molecule has 1 aromatic carbocycles. The summed E-state index contributed by atoms with van der Waals surface area (Å²) in [6.45, 7) is 6.78. The van der Waals surface area contributed by atoms with Crippen LogP contribution in [0.4, 0.5) is 5.69 Å². The van der Waals surface area contributed by atoms with Crippen molar-refractivity contribution in [1.82, 2.24) is 4.90 Å². The molecule has 20 heavy (non-hydrogen) atoms. The Morgan fingerprint density at radius 3 is 2.65 bits per heavy atom. The number of benzene rings is 1.